The molecule has 17 heavy (non-hydrogen) atoms. The molecule has 1 nitrogen and oxygen atoms in total. The van der Waals surface area contributed by atoms with Crippen molar-refractivity contribution in [2.75, 3.05) is 6.54 Å². The second-order valence-electron chi connectivity index (χ2n) is 5.39. The maximum Gasteiger partial charge on any atom is 0.00471 e. The van der Waals surface area contributed by atoms with Gasteiger partial charge in [0.15, 0.2) is 0 Å². The van der Waals surface area contributed by atoms with Crippen LogP contribution in [0.4, 0.5) is 0 Å². The summed E-state index contributed by atoms with van der Waals surface area (Å²) in [5.41, 5.74) is 1.64. The van der Waals surface area contributed by atoms with Crippen LogP contribution in [0.5, 0.6) is 0 Å². The lowest BCUT2D eigenvalue weighted by Crippen LogP contribution is -2.33. The summed E-state index contributed by atoms with van der Waals surface area (Å²) in [5, 5.41) is 3.54. The van der Waals surface area contributed by atoms with Gasteiger partial charge >= 0.3 is 0 Å². The molecule has 0 aromatic heterocycles. The molecule has 94 valence electrons. The highest BCUT2D eigenvalue weighted by atomic mass is 14.9. The lowest BCUT2D eigenvalue weighted by Gasteiger charge is -2.29. The summed E-state index contributed by atoms with van der Waals surface area (Å²) < 4.78 is 0. The largest absolute Gasteiger partial charge is 0.314 e. The van der Waals surface area contributed by atoms with Gasteiger partial charge in [0.2, 0.25) is 0 Å². The van der Waals surface area contributed by atoms with Crippen LogP contribution in [0.2, 0.25) is 0 Å². The minimum Gasteiger partial charge on any atom is -0.314 e. The minimum atomic E-state index is 0.224. The summed E-state index contributed by atoms with van der Waals surface area (Å²) >= 11 is 0. The molecule has 0 fully saturated rings. The molecule has 1 atom stereocenters. The molecule has 1 aromatic carbocycles. The highest BCUT2D eigenvalue weighted by Crippen LogP contribution is 2.27. The molecule has 1 aromatic rings. The SMILES string of the molecule is C=CCCNC(C)CC(C)(C)c1ccccc1. The van der Waals surface area contributed by atoms with Gasteiger partial charge in [-0.2, -0.15) is 0 Å². The topological polar surface area (TPSA) is 12.0 Å². The van der Waals surface area contributed by atoms with Crippen molar-refractivity contribution >= 4 is 0 Å². The molecule has 1 unspecified atom stereocenters. The Morgan fingerprint density at radius 3 is 2.53 bits per heavy atom. The van der Waals surface area contributed by atoms with Crippen LogP contribution in [-0.2, 0) is 5.41 Å². The summed E-state index contributed by atoms with van der Waals surface area (Å²) in [6, 6.07) is 11.3. The van der Waals surface area contributed by atoms with Crippen molar-refractivity contribution in [2.24, 2.45) is 0 Å². The first-order valence-electron chi connectivity index (χ1n) is 6.46. The standard InChI is InChI=1S/C16H25N/c1-5-6-12-17-14(2)13-16(3,4)15-10-8-7-9-11-15/h5,7-11,14,17H,1,6,12-13H2,2-4H3. The van der Waals surface area contributed by atoms with Crippen molar-refractivity contribution in [1.82, 2.24) is 5.32 Å². The van der Waals surface area contributed by atoms with E-state index in [1.54, 1.807) is 0 Å². The van der Waals surface area contributed by atoms with Crippen LogP contribution in [0.1, 0.15) is 39.2 Å². The van der Waals surface area contributed by atoms with E-state index < -0.39 is 0 Å². The first-order valence-corrected chi connectivity index (χ1v) is 6.46. The molecular weight excluding hydrogens is 206 g/mol. The summed E-state index contributed by atoms with van der Waals surface area (Å²) in [6.45, 7) is 11.6. The molecule has 0 saturated carbocycles. The Bertz CT molecular complexity index is 327. The molecular formula is C16H25N. The van der Waals surface area contributed by atoms with Gasteiger partial charge in [-0.15, -0.1) is 6.58 Å². The van der Waals surface area contributed by atoms with Gasteiger partial charge in [-0.1, -0.05) is 50.3 Å². The maximum absolute atomic E-state index is 3.74. The van der Waals surface area contributed by atoms with Gasteiger partial charge in [-0.25, -0.2) is 0 Å². The zero-order valence-corrected chi connectivity index (χ0v) is 11.4. The minimum absolute atomic E-state index is 0.224. The normalized spacial score (nSPS) is 13.4. The van der Waals surface area contributed by atoms with Gasteiger partial charge in [-0.3, -0.25) is 0 Å². The Hall–Kier alpha value is -1.08. The molecule has 0 saturated heterocycles. The third-order valence-electron chi connectivity index (χ3n) is 3.21. The van der Waals surface area contributed by atoms with Crippen molar-refractivity contribution in [1.29, 1.82) is 0 Å². The second kappa shape index (κ2) is 6.61. The number of benzene rings is 1. The van der Waals surface area contributed by atoms with E-state index in [0.29, 0.717) is 6.04 Å². The van der Waals surface area contributed by atoms with Crippen LogP contribution in [0.25, 0.3) is 0 Å². The number of rotatable bonds is 7. The van der Waals surface area contributed by atoms with Crippen molar-refractivity contribution in [3.05, 3.63) is 48.6 Å². The maximum atomic E-state index is 3.74. The first kappa shape index (κ1) is 14.0. The first-order chi connectivity index (χ1) is 8.06. The van der Waals surface area contributed by atoms with Gasteiger partial charge in [0.1, 0.15) is 0 Å². The number of nitrogens with one attached hydrogen (secondary N) is 1. The quantitative estimate of drug-likeness (QED) is 0.554. The van der Waals surface area contributed by atoms with Gasteiger partial charge in [-0.05, 0) is 37.3 Å². The highest BCUT2D eigenvalue weighted by molar-refractivity contribution is 5.23. The molecule has 0 aliphatic carbocycles. The molecule has 0 spiro atoms. The third-order valence-corrected chi connectivity index (χ3v) is 3.21. The summed E-state index contributed by atoms with van der Waals surface area (Å²) in [7, 11) is 0. The lowest BCUT2D eigenvalue weighted by atomic mass is 9.79. The van der Waals surface area contributed by atoms with Crippen molar-refractivity contribution in [2.45, 2.75) is 45.1 Å². The van der Waals surface area contributed by atoms with E-state index in [1.807, 2.05) is 6.08 Å². The fraction of sp³-hybridized carbons (Fsp3) is 0.500. The van der Waals surface area contributed by atoms with Gasteiger partial charge in [0.25, 0.3) is 0 Å². The van der Waals surface area contributed by atoms with Crippen molar-refractivity contribution < 1.29 is 0 Å². The Kier molecular flexibility index (Phi) is 5.43. The molecule has 1 heteroatoms. The molecule has 0 amide bonds. The smallest absolute Gasteiger partial charge is 0.00471 e. The fourth-order valence-corrected chi connectivity index (χ4v) is 2.28. The van der Waals surface area contributed by atoms with E-state index in [0.717, 1.165) is 19.4 Å². The van der Waals surface area contributed by atoms with Gasteiger partial charge < -0.3 is 5.32 Å². The number of hydrogen-bond acceptors (Lipinski definition) is 1. The predicted molar refractivity (Wildman–Crippen MR) is 76.4 cm³/mol. The lowest BCUT2D eigenvalue weighted by molar-refractivity contribution is 0.391. The van der Waals surface area contributed by atoms with E-state index in [4.69, 9.17) is 0 Å². The van der Waals surface area contributed by atoms with Crippen molar-refractivity contribution in [3.63, 3.8) is 0 Å². The van der Waals surface area contributed by atoms with Crippen LogP contribution in [-0.4, -0.2) is 12.6 Å². The average molecular weight is 231 g/mol. The van der Waals surface area contributed by atoms with E-state index >= 15 is 0 Å². The Balaban J connectivity index is 2.51. The van der Waals surface area contributed by atoms with Crippen LogP contribution in [0.3, 0.4) is 0 Å². The zero-order valence-electron chi connectivity index (χ0n) is 11.4. The highest BCUT2D eigenvalue weighted by Gasteiger charge is 2.22. The van der Waals surface area contributed by atoms with Crippen LogP contribution >= 0.6 is 0 Å². The Morgan fingerprint density at radius 2 is 1.94 bits per heavy atom. The van der Waals surface area contributed by atoms with Gasteiger partial charge in [0, 0.05) is 6.04 Å². The van der Waals surface area contributed by atoms with E-state index in [9.17, 15) is 0 Å². The monoisotopic (exact) mass is 231 g/mol. The molecule has 0 bridgehead atoms. The van der Waals surface area contributed by atoms with E-state index in [-0.39, 0.29) is 5.41 Å². The van der Waals surface area contributed by atoms with Crippen LogP contribution < -0.4 is 5.32 Å². The number of hydrogen-bond donors (Lipinski definition) is 1. The molecule has 0 radical (unpaired) electrons. The molecule has 1 N–H and O–H groups in total. The summed E-state index contributed by atoms with van der Waals surface area (Å²) in [5.74, 6) is 0. The molecule has 1 rings (SSSR count). The van der Waals surface area contributed by atoms with E-state index in [1.165, 1.54) is 5.56 Å². The van der Waals surface area contributed by atoms with Crippen LogP contribution in [0.15, 0.2) is 43.0 Å². The molecule has 0 aliphatic heterocycles. The second-order valence-corrected chi connectivity index (χ2v) is 5.39. The van der Waals surface area contributed by atoms with E-state index in [2.05, 4.69) is 63.0 Å². The van der Waals surface area contributed by atoms with Gasteiger partial charge in [0.05, 0.1) is 0 Å². The average Bonchev–Trinajstić information content (AvgIpc) is 2.30. The fourth-order valence-electron chi connectivity index (χ4n) is 2.28. The third kappa shape index (κ3) is 4.74. The van der Waals surface area contributed by atoms with Crippen molar-refractivity contribution in [3.8, 4) is 0 Å². The predicted octanol–water partition coefficient (Wildman–Crippen LogP) is 3.91. The molecule has 0 aliphatic rings. The Labute approximate surface area is 106 Å². The van der Waals surface area contributed by atoms with Crippen LogP contribution in [0, 0.1) is 0 Å². The summed E-state index contributed by atoms with van der Waals surface area (Å²) in [4.78, 5) is 0. The summed E-state index contributed by atoms with van der Waals surface area (Å²) in [6.07, 6.45) is 4.15. The zero-order chi connectivity index (χ0) is 12.7. The Morgan fingerprint density at radius 1 is 1.29 bits per heavy atom. The molecule has 0 heterocycles.